The van der Waals surface area contributed by atoms with Crippen molar-refractivity contribution in [3.63, 3.8) is 0 Å². The molecule has 0 bridgehead atoms. The summed E-state index contributed by atoms with van der Waals surface area (Å²) < 4.78 is 0.936. The fraction of sp³-hybridized carbons (Fsp3) is 0.375. The van der Waals surface area contributed by atoms with Crippen LogP contribution in [0.15, 0.2) is 34.8 Å². The Bertz CT molecular complexity index is 585. The molecule has 112 valence electrons. The molecular formula is C16H18BrNO3. The molecule has 1 unspecified atom stereocenters. The molecule has 1 fully saturated rings. The Morgan fingerprint density at radius 2 is 2.14 bits per heavy atom. The van der Waals surface area contributed by atoms with E-state index in [9.17, 15) is 14.7 Å². The average molecular weight is 352 g/mol. The van der Waals surface area contributed by atoms with E-state index in [1.54, 1.807) is 13.0 Å². The number of halogens is 1. The van der Waals surface area contributed by atoms with Crippen molar-refractivity contribution < 1.29 is 14.7 Å². The van der Waals surface area contributed by atoms with Crippen LogP contribution < -0.4 is 0 Å². The molecule has 4 nitrogen and oxygen atoms in total. The molecule has 1 atom stereocenters. The normalized spacial score (nSPS) is 22.5. The lowest BCUT2D eigenvalue weighted by atomic mass is 9.88. The summed E-state index contributed by atoms with van der Waals surface area (Å²) in [6.07, 6.45) is 5.35. The number of aliphatic carboxylic acids is 1. The smallest absolute Gasteiger partial charge is 0.329 e. The first-order valence-electron chi connectivity index (χ1n) is 6.92. The summed E-state index contributed by atoms with van der Waals surface area (Å²) in [7, 11) is 0. The molecule has 5 heteroatoms. The monoisotopic (exact) mass is 351 g/mol. The number of benzene rings is 1. The number of piperidine rings is 1. The molecule has 0 radical (unpaired) electrons. The largest absolute Gasteiger partial charge is 0.480 e. The quantitative estimate of drug-likeness (QED) is 0.849. The Balaban J connectivity index is 2.16. The van der Waals surface area contributed by atoms with E-state index in [0.717, 1.165) is 22.9 Å². The van der Waals surface area contributed by atoms with E-state index in [4.69, 9.17) is 0 Å². The first-order chi connectivity index (χ1) is 9.93. The van der Waals surface area contributed by atoms with Crippen molar-refractivity contribution in [1.29, 1.82) is 0 Å². The van der Waals surface area contributed by atoms with Crippen LogP contribution in [0.2, 0.25) is 0 Å². The second-order valence-corrected chi connectivity index (χ2v) is 6.33. The molecule has 1 N–H and O–H groups in total. The van der Waals surface area contributed by atoms with Crippen LogP contribution in [0.5, 0.6) is 0 Å². The Morgan fingerprint density at radius 3 is 2.81 bits per heavy atom. The Labute approximate surface area is 132 Å². The highest BCUT2D eigenvalue weighted by Gasteiger charge is 2.43. The number of carbonyl (C=O) groups is 2. The van der Waals surface area contributed by atoms with E-state index in [1.165, 1.54) is 11.0 Å². The van der Waals surface area contributed by atoms with E-state index < -0.39 is 11.5 Å². The molecule has 1 aromatic rings. The molecule has 21 heavy (non-hydrogen) atoms. The lowest BCUT2D eigenvalue weighted by Gasteiger charge is -2.41. The highest BCUT2D eigenvalue weighted by atomic mass is 79.9. The van der Waals surface area contributed by atoms with E-state index in [2.05, 4.69) is 15.9 Å². The maximum absolute atomic E-state index is 12.3. The van der Waals surface area contributed by atoms with Gasteiger partial charge in [0.1, 0.15) is 5.54 Å². The third-order valence-electron chi connectivity index (χ3n) is 3.88. The zero-order chi connectivity index (χ0) is 15.5. The number of nitrogens with zero attached hydrogens (tertiary/aromatic N) is 1. The van der Waals surface area contributed by atoms with Gasteiger partial charge < -0.3 is 10.0 Å². The molecule has 0 aliphatic carbocycles. The van der Waals surface area contributed by atoms with E-state index in [-0.39, 0.29) is 5.91 Å². The summed E-state index contributed by atoms with van der Waals surface area (Å²) in [5, 5.41) is 9.41. The van der Waals surface area contributed by atoms with Gasteiger partial charge in [-0.2, -0.15) is 0 Å². The average Bonchev–Trinajstić information content (AvgIpc) is 2.45. The van der Waals surface area contributed by atoms with Crippen LogP contribution in [0.4, 0.5) is 0 Å². The van der Waals surface area contributed by atoms with Crippen molar-refractivity contribution in [2.24, 2.45) is 0 Å². The number of amides is 1. The van der Waals surface area contributed by atoms with Gasteiger partial charge in [0, 0.05) is 17.1 Å². The Kier molecular flexibility index (Phi) is 4.83. The zero-order valence-corrected chi connectivity index (χ0v) is 13.5. The summed E-state index contributed by atoms with van der Waals surface area (Å²) in [4.78, 5) is 25.3. The number of carbonyl (C=O) groups excluding carboxylic acids is 1. The lowest BCUT2D eigenvalue weighted by Crippen LogP contribution is -2.57. The van der Waals surface area contributed by atoms with Crippen molar-refractivity contribution in [1.82, 2.24) is 4.90 Å². The molecule has 1 amide bonds. The molecule has 1 aliphatic heterocycles. The van der Waals surface area contributed by atoms with Crippen molar-refractivity contribution in [2.75, 3.05) is 6.54 Å². The number of hydrogen-bond donors (Lipinski definition) is 1. The predicted octanol–water partition coefficient (Wildman–Crippen LogP) is 3.32. The maximum atomic E-state index is 12.3. The van der Waals surface area contributed by atoms with Gasteiger partial charge in [-0.1, -0.05) is 28.1 Å². The highest BCUT2D eigenvalue weighted by Crippen LogP contribution is 2.28. The van der Waals surface area contributed by atoms with Crippen LogP contribution in [0, 0.1) is 0 Å². The molecule has 1 saturated heterocycles. The molecule has 1 aliphatic rings. The zero-order valence-electron chi connectivity index (χ0n) is 11.9. The summed E-state index contributed by atoms with van der Waals surface area (Å²) in [6, 6.07) is 7.58. The first kappa shape index (κ1) is 15.8. The number of rotatable bonds is 3. The van der Waals surface area contributed by atoms with E-state index in [1.807, 2.05) is 24.3 Å². The van der Waals surface area contributed by atoms with Gasteiger partial charge in [-0.3, -0.25) is 4.79 Å². The second kappa shape index (κ2) is 6.43. The van der Waals surface area contributed by atoms with E-state index >= 15 is 0 Å². The summed E-state index contributed by atoms with van der Waals surface area (Å²) >= 11 is 3.38. The highest BCUT2D eigenvalue weighted by molar-refractivity contribution is 9.10. The number of carboxylic acids is 1. The minimum absolute atomic E-state index is 0.250. The van der Waals surface area contributed by atoms with Gasteiger partial charge in [0.2, 0.25) is 5.91 Å². The molecular weight excluding hydrogens is 334 g/mol. The standard InChI is InChI=1S/C16H18BrNO3/c1-16(15(20)21)9-2-3-10-18(16)14(19)8-7-12-5-4-6-13(17)11-12/h4-8,11H,2-3,9-10H2,1H3,(H,20,21)/b8-7+. The summed E-state index contributed by atoms with van der Waals surface area (Å²) in [5.41, 5.74) is -0.205. The van der Waals surface area contributed by atoms with Gasteiger partial charge in [0.25, 0.3) is 0 Å². The van der Waals surface area contributed by atoms with Crippen molar-refractivity contribution in [3.8, 4) is 0 Å². The van der Waals surface area contributed by atoms with Gasteiger partial charge in [0.05, 0.1) is 0 Å². The van der Waals surface area contributed by atoms with E-state index in [0.29, 0.717) is 13.0 Å². The molecule has 0 saturated carbocycles. The van der Waals surface area contributed by atoms with Gasteiger partial charge in [-0.05, 0) is 50.0 Å². The number of carboxylic acid groups (broad SMARTS) is 1. The number of likely N-dealkylation sites (tertiary alicyclic amines) is 1. The molecule has 1 heterocycles. The molecule has 0 spiro atoms. The van der Waals surface area contributed by atoms with Crippen LogP contribution in [-0.2, 0) is 9.59 Å². The Hall–Kier alpha value is -1.62. The van der Waals surface area contributed by atoms with Crippen molar-refractivity contribution >= 4 is 33.9 Å². The van der Waals surface area contributed by atoms with Gasteiger partial charge in [-0.25, -0.2) is 4.79 Å². The fourth-order valence-electron chi connectivity index (χ4n) is 2.56. The molecule has 0 aromatic heterocycles. The third-order valence-corrected chi connectivity index (χ3v) is 4.38. The first-order valence-corrected chi connectivity index (χ1v) is 7.71. The predicted molar refractivity (Wildman–Crippen MR) is 84.8 cm³/mol. The van der Waals surface area contributed by atoms with Crippen LogP contribution >= 0.6 is 15.9 Å². The Morgan fingerprint density at radius 1 is 1.38 bits per heavy atom. The van der Waals surface area contributed by atoms with Crippen molar-refractivity contribution in [3.05, 3.63) is 40.4 Å². The SMILES string of the molecule is CC1(C(=O)O)CCCCN1C(=O)/C=C/c1cccc(Br)c1. The topological polar surface area (TPSA) is 57.6 Å². The van der Waals surface area contributed by atoms with Crippen LogP contribution in [0.1, 0.15) is 31.7 Å². The van der Waals surface area contributed by atoms with Crippen LogP contribution in [0.25, 0.3) is 6.08 Å². The van der Waals surface area contributed by atoms with Crippen molar-refractivity contribution in [2.45, 2.75) is 31.7 Å². The summed E-state index contributed by atoms with van der Waals surface area (Å²) in [6.45, 7) is 2.11. The molecule has 2 rings (SSSR count). The second-order valence-electron chi connectivity index (χ2n) is 5.41. The van der Waals surface area contributed by atoms with Crippen LogP contribution in [0.3, 0.4) is 0 Å². The van der Waals surface area contributed by atoms with Gasteiger partial charge >= 0.3 is 5.97 Å². The fourth-order valence-corrected chi connectivity index (χ4v) is 2.98. The lowest BCUT2D eigenvalue weighted by molar-refractivity contribution is -0.158. The van der Waals surface area contributed by atoms with Crippen LogP contribution in [-0.4, -0.2) is 34.0 Å². The maximum Gasteiger partial charge on any atom is 0.329 e. The van der Waals surface area contributed by atoms with Gasteiger partial charge in [0.15, 0.2) is 0 Å². The summed E-state index contributed by atoms with van der Waals surface area (Å²) in [5.74, 6) is -1.19. The minimum atomic E-state index is -1.10. The minimum Gasteiger partial charge on any atom is -0.480 e. The number of hydrogen-bond acceptors (Lipinski definition) is 2. The van der Waals surface area contributed by atoms with Gasteiger partial charge in [-0.15, -0.1) is 0 Å². The molecule has 1 aromatic carbocycles. The third kappa shape index (κ3) is 3.53.